The molecule has 2 heteroatoms. The molecule has 0 heterocycles. The average Bonchev–Trinajstić information content (AvgIpc) is 2.36. The first kappa shape index (κ1) is 10.1. The van der Waals surface area contributed by atoms with Gasteiger partial charge < -0.3 is 5.32 Å². The molecule has 0 spiro atoms. The highest BCUT2D eigenvalue weighted by Crippen LogP contribution is 2.30. The molecule has 0 fully saturated rings. The van der Waals surface area contributed by atoms with Gasteiger partial charge in [-0.15, -0.1) is 0 Å². The van der Waals surface area contributed by atoms with Crippen molar-refractivity contribution in [2.75, 3.05) is 6.54 Å². The maximum absolute atomic E-state index is 12.3. The lowest BCUT2D eigenvalue weighted by atomic mass is 9.90. The van der Waals surface area contributed by atoms with Gasteiger partial charge in [-0.25, -0.2) is 0 Å². The molecule has 0 unspecified atom stereocenters. The molecule has 84 valence electrons. The Morgan fingerprint density at radius 1 is 1.12 bits per heavy atom. The van der Waals surface area contributed by atoms with Crippen molar-refractivity contribution in [1.29, 1.82) is 0 Å². The van der Waals surface area contributed by atoms with Gasteiger partial charge in [-0.05, 0) is 23.9 Å². The molecule has 0 aromatic heterocycles. The van der Waals surface area contributed by atoms with E-state index in [0.29, 0.717) is 5.70 Å². The van der Waals surface area contributed by atoms with Crippen molar-refractivity contribution in [2.45, 2.75) is 6.92 Å². The number of ketones is 1. The SMILES string of the molecule is CCNC1=Cc2cccc3cccc(c23)C1=O. The second kappa shape index (κ2) is 3.74. The van der Waals surface area contributed by atoms with E-state index >= 15 is 0 Å². The van der Waals surface area contributed by atoms with E-state index in [9.17, 15) is 4.79 Å². The molecule has 0 amide bonds. The summed E-state index contributed by atoms with van der Waals surface area (Å²) in [6.45, 7) is 2.75. The van der Waals surface area contributed by atoms with E-state index in [0.717, 1.165) is 28.4 Å². The summed E-state index contributed by atoms with van der Waals surface area (Å²) in [7, 11) is 0. The molecule has 1 aliphatic carbocycles. The van der Waals surface area contributed by atoms with Gasteiger partial charge in [0.1, 0.15) is 0 Å². The predicted molar refractivity (Wildman–Crippen MR) is 69.9 cm³/mol. The number of benzene rings is 2. The lowest BCUT2D eigenvalue weighted by Crippen LogP contribution is -2.22. The predicted octanol–water partition coefficient (Wildman–Crippen LogP) is 2.99. The van der Waals surface area contributed by atoms with Crippen LogP contribution in [-0.4, -0.2) is 12.3 Å². The van der Waals surface area contributed by atoms with Gasteiger partial charge in [0, 0.05) is 17.5 Å². The highest BCUT2D eigenvalue weighted by Gasteiger charge is 2.20. The first-order chi connectivity index (χ1) is 8.31. The zero-order valence-corrected chi connectivity index (χ0v) is 9.66. The maximum Gasteiger partial charge on any atom is 0.209 e. The number of likely N-dealkylation sites (N-methyl/N-ethyl adjacent to an activating group) is 1. The number of rotatable bonds is 2. The van der Waals surface area contributed by atoms with E-state index in [1.54, 1.807) is 0 Å². The molecular formula is C15H13NO. The molecule has 2 nitrogen and oxygen atoms in total. The minimum Gasteiger partial charge on any atom is -0.382 e. The molecule has 0 aliphatic heterocycles. The standard InChI is InChI=1S/C15H13NO/c1-2-16-13-9-11-7-3-5-10-6-4-8-12(14(10)11)15(13)17/h3-9,16H,2H2,1H3. The van der Waals surface area contributed by atoms with Crippen molar-refractivity contribution in [3.05, 3.63) is 53.2 Å². The summed E-state index contributed by atoms with van der Waals surface area (Å²) >= 11 is 0. The highest BCUT2D eigenvalue weighted by atomic mass is 16.1. The van der Waals surface area contributed by atoms with Crippen LogP contribution < -0.4 is 5.32 Å². The minimum absolute atomic E-state index is 0.0937. The first-order valence-corrected chi connectivity index (χ1v) is 5.83. The van der Waals surface area contributed by atoms with Crippen LogP contribution in [0.25, 0.3) is 16.8 Å². The van der Waals surface area contributed by atoms with Crippen LogP contribution in [0.5, 0.6) is 0 Å². The van der Waals surface area contributed by atoms with E-state index in [-0.39, 0.29) is 5.78 Å². The number of hydrogen-bond donors (Lipinski definition) is 1. The molecule has 3 rings (SSSR count). The van der Waals surface area contributed by atoms with Gasteiger partial charge in [0.15, 0.2) is 0 Å². The van der Waals surface area contributed by atoms with Gasteiger partial charge in [0.05, 0.1) is 5.70 Å². The van der Waals surface area contributed by atoms with Crippen molar-refractivity contribution in [3.8, 4) is 0 Å². The highest BCUT2D eigenvalue weighted by molar-refractivity contribution is 6.22. The van der Waals surface area contributed by atoms with E-state index in [1.807, 2.05) is 43.3 Å². The van der Waals surface area contributed by atoms with Gasteiger partial charge in [-0.1, -0.05) is 36.4 Å². The van der Waals surface area contributed by atoms with E-state index in [2.05, 4.69) is 11.4 Å². The Bertz CT molecular complexity index is 635. The third-order valence-electron chi connectivity index (χ3n) is 3.09. The second-order valence-corrected chi connectivity index (χ2v) is 4.17. The van der Waals surface area contributed by atoms with Gasteiger partial charge in [0.25, 0.3) is 0 Å². The lowest BCUT2D eigenvalue weighted by Gasteiger charge is -2.17. The van der Waals surface area contributed by atoms with Crippen LogP contribution in [0.1, 0.15) is 22.8 Å². The second-order valence-electron chi connectivity index (χ2n) is 4.17. The zero-order chi connectivity index (χ0) is 11.8. The van der Waals surface area contributed by atoms with Crippen molar-refractivity contribution in [3.63, 3.8) is 0 Å². The largest absolute Gasteiger partial charge is 0.382 e. The van der Waals surface area contributed by atoms with E-state index in [1.165, 1.54) is 0 Å². The van der Waals surface area contributed by atoms with Crippen LogP contribution in [0, 0.1) is 0 Å². The molecule has 0 bridgehead atoms. The third kappa shape index (κ3) is 1.45. The topological polar surface area (TPSA) is 29.1 Å². The molecule has 0 saturated heterocycles. The summed E-state index contributed by atoms with van der Waals surface area (Å²) in [4.78, 5) is 12.3. The van der Waals surface area contributed by atoms with Crippen LogP contribution >= 0.6 is 0 Å². The van der Waals surface area contributed by atoms with Gasteiger partial charge in [-0.2, -0.15) is 0 Å². The molecule has 17 heavy (non-hydrogen) atoms. The average molecular weight is 223 g/mol. The van der Waals surface area contributed by atoms with Gasteiger partial charge in [-0.3, -0.25) is 4.79 Å². The third-order valence-corrected chi connectivity index (χ3v) is 3.09. The van der Waals surface area contributed by atoms with Crippen molar-refractivity contribution in [1.82, 2.24) is 5.32 Å². The van der Waals surface area contributed by atoms with Crippen LogP contribution in [-0.2, 0) is 0 Å². The molecule has 0 radical (unpaired) electrons. The molecule has 0 atom stereocenters. The van der Waals surface area contributed by atoms with Crippen LogP contribution in [0.15, 0.2) is 42.1 Å². The Kier molecular flexibility index (Phi) is 2.22. The minimum atomic E-state index is 0.0937. The van der Waals surface area contributed by atoms with Gasteiger partial charge in [0.2, 0.25) is 5.78 Å². The molecule has 1 aliphatic rings. The van der Waals surface area contributed by atoms with E-state index in [4.69, 9.17) is 0 Å². The quantitative estimate of drug-likeness (QED) is 0.848. The number of nitrogens with one attached hydrogen (secondary N) is 1. The van der Waals surface area contributed by atoms with Gasteiger partial charge >= 0.3 is 0 Å². The summed E-state index contributed by atoms with van der Waals surface area (Å²) in [5.41, 5.74) is 2.61. The maximum atomic E-state index is 12.3. The molecule has 1 N–H and O–H groups in total. The Labute approximate surface area is 100.0 Å². The molecule has 0 saturated carbocycles. The number of carbonyl (C=O) groups excluding carboxylic acids is 1. The monoisotopic (exact) mass is 223 g/mol. The molecular weight excluding hydrogens is 210 g/mol. The smallest absolute Gasteiger partial charge is 0.209 e. The van der Waals surface area contributed by atoms with Crippen molar-refractivity contribution >= 4 is 22.6 Å². The summed E-state index contributed by atoms with van der Waals surface area (Å²) in [6, 6.07) is 12.0. The van der Waals surface area contributed by atoms with Crippen LogP contribution in [0.2, 0.25) is 0 Å². The Hall–Kier alpha value is -2.09. The fraction of sp³-hybridized carbons (Fsp3) is 0.133. The lowest BCUT2D eigenvalue weighted by molar-refractivity contribution is 0.102. The fourth-order valence-corrected chi connectivity index (χ4v) is 2.37. The van der Waals surface area contributed by atoms with Crippen molar-refractivity contribution in [2.24, 2.45) is 0 Å². The van der Waals surface area contributed by atoms with Crippen molar-refractivity contribution < 1.29 is 4.79 Å². The molecule has 2 aromatic rings. The van der Waals surface area contributed by atoms with E-state index < -0.39 is 0 Å². The van der Waals surface area contributed by atoms with Crippen LogP contribution in [0.3, 0.4) is 0 Å². The Balaban J connectivity index is 2.33. The zero-order valence-electron chi connectivity index (χ0n) is 9.66. The molecule has 2 aromatic carbocycles. The number of allylic oxidation sites excluding steroid dienone is 1. The summed E-state index contributed by atoms with van der Waals surface area (Å²) in [6.07, 6.45) is 1.95. The number of carbonyl (C=O) groups is 1. The first-order valence-electron chi connectivity index (χ1n) is 5.83. The Morgan fingerprint density at radius 3 is 2.65 bits per heavy atom. The summed E-state index contributed by atoms with van der Waals surface area (Å²) in [5.74, 6) is 0.0937. The summed E-state index contributed by atoms with van der Waals surface area (Å²) < 4.78 is 0. The van der Waals surface area contributed by atoms with Crippen LogP contribution in [0.4, 0.5) is 0 Å². The normalized spacial score (nSPS) is 13.7. The number of hydrogen-bond acceptors (Lipinski definition) is 2. The number of Topliss-reactive ketones (excluding diaryl/α,β-unsaturated/α-hetero) is 1. The fourth-order valence-electron chi connectivity index (χ4n) is 2.37. The Morgan fingerprint density at radius 2 is 1.88 bits per heavy atom. The summed E-state index contributed by atoms with van der Waals surface area (Å²) in [5, 5.41) is 5.33.